The Hall–Kier alpha value is -1.94. The van der Waals surface area contributed by atoms with E-state index >= 15 is 0 Å². The minimum atomic E-state index is 0.577. The molecule has 17 heavy (non-hydrogen) atoms. The Kier molecular flexibility index (Phi) is 4.05. The van der Waals surface area contributed by atoms with Crippen molar-refractivity contribution in [3.05, 3.63) is 60.3 Å². The number of benzene rings is 1. The molecular weight excluding hydrogens is 214 g/mol. The highest BCUT2D eigenvalue weighted by Crippen LogP contribution is 2.07. The Morgan fingerprint density at radius 2 is 1.94 bits per heavy atom. The lowest BCUT2D eigenvalue weighted by Crippen LogP contribution is -2.12. The molecule has 0 saturated heterocycles. The zero-order valence-electron chi connectivity index (χ0n) is 9.60. The molecule has 0 fully saturated rings. The average molecular weight is 229 g/mol. The van der Waals surface area contributed by atoms with Crippen LogP contribution in [0.25, 0.3) is 0 Å². The monoisotopic (exact) mass is 229 g/mol. The highest BCUT2D eigenvalue weighted by molar-refractivity contribution is 5.17. The fourth-order valence-electron chi connectivity index (χ4n) is 1.48. The average Bonchev–Trinajstić information content (AvgIpc) is 2.79. The molecule has 1 heterocycles. The van der Waals surface area contributed by atoms with E-state index < -0.39 is 0 Å². The first-order valence-corrected chi connectivity index (χ1v) is 5.55. The fraction of sp³-hybridized carbons (Fsp3) is 0.231. The summed E-state index contributed by atoms with van der Waals surface area (Å²) >= 11 is 0. The molecule has 0 aliphatic rings. The normalized spacial score (nSPS) is 10.4. The first-order valence-electron chi connectivity index (χ1n) is 5.55. The van der Waals surface area contributed by atoms with E-state index in [0.717, 1.165) is 6.54 Å². The summed E-state index contributed by atoms with van der Waals surface area (Å²) in [6, 6.07) is 10.1. The summed E-state index contributed by atoms with van der Waals surface area (Å²) in [7, 11) is 0. The third-order valence-corrected chi connectivity index (χ3v) is 2.27. The van der Waals surface area contributed by atoms with Gasteiger partial charge in [0.2, 0.25) is 11.8 Å². The van der Waals surface area contributed by atoms with Crippen molar-refractivity contribution >= 4 is 0 Å². The number of nitrogens with zero attached hydrogens (tertiary/aromatic N) is 2. The molecule has 0 saturated carbocycles. The molecule has 0 unspecified atom stereocenters. The van der Waals surface area contributed by atoms with Crippen molar-refractivity contribution in [3.8, 4) is 0 Å². The summed E-state index contributed by atoms with van der Waals surface area (Å²) < 4.78 is 5.52. The molecule has 2 rings (SSSR count). The maximum absolute atomic E-state index is 5.52. The quantitative estimate of drug-likeness (QED) is 0.607. The smallest absolute Gasteiger partial charge is 0.230 e. The lowest BCUT2D eigenvalue weighted by molar-refractivity contribution is 0.443. The van der Waals surface area contributed by atoms with Crippen LogP contribution in [-0.2, 0) is 13.0 Å². The van der Waals surface area contributed by atoms with Gasteiger partial charge in [-0.3, -0.25) is 0 Å². The van der Waals surface area contributed by atoms with Gasteiger partial charge in [0.05, 0.1) is 13.0 Å². The van der Waals surface area contributed by atoms with Gasteiger partial charge in [-0.25, -0.2) is 0 Å². The standard InChI is InChI=1S/C13H15N3O/c1-2-8-14-10-13-16-15-12(17-13)9-11-6-4-3-5-7-11/h2-7,14H,1,8-10H2. The third-order valence-electron chi connectivity index (χ3n) is 2.27. The van der Waals surface area contributed by atoms with Crippen LogP contribution in [0.2, 0.25) is 0 Å². The van der Waals surface area contributed by atoms with Gasteiger partial charge in [0.15, 0.2) is 0 Å². The van der Waals surface area contributed by atoms with Crippen molar-refractivity contribution < 1.29 is 4.42 Å². The van der Waals surface area contributed by atoms with Crippen molar-refractivity contribution in [2.45, 2.75) is 13.0 Å². The van der Waals surface area contributed by atoms with Crippen LogP contribution in [0.15, 0.2) is 47.4 Å². The molecule has 0 spiro atoms. The lowest BCUT2D eigenvalue weighted by atomic mass is 10.2. The van der Waals surface area contributed by atoms with Crippen molar-refractivity contribution in [1.29, 1.82) is 0 Å². The highest BCUT2D eigenvalue weighted by atomic mass is 16.4. The molecule has 0 bridgehead atoms. The number of aromatic nitrogens is 2. The predicted molar refractivity (Wildman–Crippen MR) is 65.4 cm³/mol. The molecule has 1 aromatic carbocycles. The van der Waals surface area contributed by atoms with Gasteiger partial charge in [-0.2, -0.15) is 0 Å². The number of hydrogen-bond acceptors (Lipinski definition) is 4. The van der Waals surface area contributed by atoms with Crippen LogP contribution >= 0.6 is 0 Å². The van der Waals surface area contributed by atoms with E-state index in [1.807, 2.05) is 30.3 Å². The third kappa shape index (κ3) is 3.53. The molecule has 0 aliphatic heterocycles. The van der Waals surface area contributed by atoms with E-state index in [1.54, 1.807) is 6.08 Å². The molecule has 0 atom stereocenters. The van der Waals surface area contributed by atoms with Crippen LogP contribution in [0, 0.1) is 0 Å². The zero-order chi connectivity index (χ0) is 11.9. The Morgan fingerprint density at radius 3 is 2.71 bits per heavy atom. The summed E-state index contributed by atoms with van der Waals surface area (Å²) in [6.45, 7) is 4.93. The van der Waals surface area contributed by atoms with Gasteiger partial charge in [0, 0.05) is 6.54 Å². The predicted octanol–water partition coefficient (Wildman–Crippen LogP) is 1.94. The van der Waals surface area contributed by atoms with Gasteiger partial charge in [-0.15, -0.1) is 16.8 Å². The molecule has 0 radical (unpaired) electrons. The van der Waals surface area contributed by atoms with E-state index in [2.05, 4.69) is 22.1 Å². The SMILES string of the molecule is C=CCNCc1nnc(Cc2ccccc2)o1. The van der Waals surface area contributed by atoms with Gasteiger partial charge in [-0.05, 0) is 5.56 Å². The van der Waals surface area contributed by atoms with Crippen LogP contribution in [0.3, 0.4) is 0 Å². The second kappa shape index (κ2) is 5.96. The minimum absolute atomic E-state index is 0.577. The summed E-state index contributed by atoms with van der Waals surface area (Å²) in [5, 5.41) is 11.1. The van der Waals surface area contributed by atoms with Crippen molar-refractivity contribution in [2.24, 2.45) is 0 Å². The first kappa shape index (κ1) is 11.5. The Bertz CT molecular complexity index is 465. The second-order valence-corrected chi connectivity index (χ2v) is 3.67. The summed E-state index contributed by atoms with van der Waals surface area (Å²) in [5.41, 5.74) is 1.17. The first-order chi connectivity index (χ1) is 8.38. The van der Waals surface area contributed by atoms with E-state index in [9.17, 15) is 0 Å². The van der Waals surface area contributed by atoms with E-state index in [4.69, 9.17) is 4.42 Å². The van der Waals surface area contributed by atoms with Crippen LogP contribution < -0.4 is 5.32 Å². The van der Waals surface area contributed by atoms with E-state index in [1.165, 1.54) is 5.56 Å². The molecule has 1 aromatic heterocycles. The zero-order valence-corrected chi connectivity index (χ0v) is 9.60. The van der Waals surface area contributed by atoms with Gasteiger partial charge in [0.25, 0.3) is 0 Å². The largest absolute Gasteiger partial charge is 0.424 e. The van der Waals surface area contributed by atoms with Crippen LogP contribution in [-0.4, -0.2) is 16.7 Å². The summed E-state index contributed by atoms with van der Waals surface area (Å²) in [5.74, 6) is 1.25. The second-order valence-electron chi connectivity index (χ2n) is 3.67. The van der Waals surface area contributed by atoms with E-state index in [0.29, 0.717) is 24.7 Å². The lowest BCUT2D eigenvalue weighted by Gasteiger charge is -1.96. The molecule has 0 amide bonds. The molecule has 0 aliphatic carbocycles. The maximum atomic E-state index is 5.52. The molecule has 2 aromatic rings. The minimum Gasteiger partial charge on any atom is -0.424 e. The number of nitrogens with one attached hydrogen (secondary N) is 1. The summed E-state index contributed by atoms with van der Waals surface area (Å²) in [4.78, 5) is 0. The maximum Gasteiger partial charge on any atom is 0.230 e. The van der Waals surface area contributed by atoms with Crippen LogP contribution in [0.4, 0.5) is 0 Å². The fourth-order valence-corrected chi connectivity index (χ4v) is 1.48. The van der Waals surface area contributed by atoms with Gasteiger partial charge in [-0.1, -0.05) is 36.4 Å². The van der Waals surface area contributed by atoms with Crippen molar-refractivity contribution in [3.63, 3.8) is 0 Å². The van der Waals surface area contributed by atoms with Gasteiger partial charge < -0.3 is 9.73 Å². The molecule has 4 nitrogen and oxygen atoms in total. The highest BCUT2D eigenvalue weighted by Gasteiger charge is 2.05. The molecular formula is C13H15N3O. The summed E-state index contributed by atoms with van der Waals surface area (Å²) in [6.07, 6.45) is 2.47. The Labute approximate surface area is 100 Å². The van der Waals surface area contributed by atoms with Gasteiger partial charge in [0.1, 0.15) is 0 Å². The van der Waals surface area contributed by atoms with Crippen molar-refractivity contribution in [2.75, 3.05) is 6.54 Å². The number of hydrogen-bond donors (Lipinski definition) is 1. The Morgan fingerprint density at radius 1 is 1.18 bits per heavy atom. The topological polar surface area (TPSA) is 51.0 Å². The molecule has 4 heteroatoms. The van der Waals surface area contributed by atoms with E-state index in [-0.39, 0.29) is 0 Å². The Balaban J connectivity index is 1.92. The molecule has 88 valence electrons. The number of rotatable bonds is 6. The molecule has 1 N–H and O–H groups in total. The van der Waals surface area contributed by atoms with Crippen LogP contribution in [0.5, 0.6) is 0 Å². The van der Waals surface area contributed by atoms with Gasteiger partial charge >= 0.3 is 0 Å². The van der Waals surface area contributed by atoms with Crippen molar-refractivity contribution in [1.82, 2.24) is 15.5 Å². The van der Waals surface area contributed by atoms with Crippen LogP contribution in [0.1, 0.15) is 17.3 Å².